The van der Waals surface area contributed by atoms with Crippen LogP contribution in [0, 0.1) is 35.2 Å². The van der Waals surface area contributed by atoms with E-state index in [0.717, 1.165) is 6.07 Å². The van der Waals surface area contributed by atoms with E-state index in [0.29, 0.717) is 38.2 Å². The van der Waals surface area contributed by atoms with Crippen molar-refractivity contribution in [3.05, 3.63) is 58.4 Å². The highest BCUT2D eigenvalue weighted by Crippen LogP contribution is 2.55. The third-order valence-corrected chi connectivity index (χ3v) is 10.8. The van der Waals surface area contributed by atoms with E-state index in [1.165, 1.54) is 12.1 Å². The molecule has 1 aliphatic heterocycles. The number of aliphatic hydroxyl groups is 1. The van der Waals surface area contributed by atoms with Crippen LogP contribution in [0.1, 0.15) is 36.0 Å². The van der Waals surface area contributed by atoms with Gasteiger partial charge in [-0.15, -0.1) is 0 Å². The van der Waals surface area contributed by atoms with Crippen molar-refractivity contribution in [2.45, 2.75) is 41.4 Å². The molecular weight excluding hydrogens is 561 g/mol. The molecule has 2 amide bonds. The van der Waals surface area contributed by atoms with Gasteiger partial charge in [-0.2, -0.15) is 0 Å². The molecule has 3 atom stereocenters. The average molecular weight is 587 g/mol. The van der Waals surface area contributed by atoms with E-state index in [2.05, 4.69) is 10.6 Å². The summed E-state index contributed by atoms with van der Waals surface area (Å²) >= 11 is 6.22. The Hall–Kier alpha value is -2.67. The number of hydrogen-bond donors (Lipinski definition) is 3. The molecule has 3 N–H and O–H groups in total. The highest BCUT2D eigenvalue weighted by atomic mass is 35.5. The second kappa shape index (κ2) is 10.4. The number of carbonyl (C=O) groups excluding carboxylic acids is 2. The topological polar surface area (TPSA) is 122 Å². The van der Waals surface area contributed by atoms with Gasteiger partial charge in [0, 0.05) is 36.5 Å². The molecule has 2 bridgehead atoms. The average Bonchev–Trinajstić information content (AvgIpc) is 3.45. The van der Waals surface area contributed by atoms with Crippen molar-refractivity contribution in [2.75, 3.05) is 25.1 Å². The third kappa shape index (κ3) is 5.15. The van der Waals surface area contributed by atoms with E-state index in [1.807, 2.05) is 0 Å². The van der Waals surface area contributed by atoms with Crippen LogP contribution in [0.25, 0.3) is 0 Å². The molecule has 8 nitrogen and oxygen atoms in total. The number of halogens is 4. The minimum absolute atomic E-state index is 0.0332. The number of anilines is 1. The molecule has 6 rings (SSSR count). The van der Waals surface area contributed by atoms with Crippen molar-refractivity contribution >= 4 is 38.9 Å². The number of rotatable bonds is 7. The number of ether oxygens (including phenoxy) is 1. The van der Waals surface area contributed by atoms with Gasteiger partial charge in [-0.1, -0.05) is 11.6 Å². The van der Waals surface area contributed by atoms with E-state index in [1.54, 1.807) is 0 Å². The molecule has 2 aromatic rings. The number of hydrogen-bond acceptors (Lipinski definition) is 6. The molecule has 4 fully saturated rings. The summed E-state index contributed by atoms with van der Waals surface area (Å²) in [5.74, 6) is -6.68. The van der Waals surface area contributed by atoms with Gasteiger partial charge in [0.15, 0.2) is 27.3 Å². The fourth-order valence-electron chi connectivity index (χ4n) is 5.79. The van der Waals surface area contributed by atoms with Crippen molar-refractivity contribution in [3.63, 3.8) is 0 Å². The SMILES string of the molecule is O=C(Nc1cc(F)c(F)c(F)c1)c1ccc(Cl)c(S(=O)(=O)[C@H]2CC3CC(C2)[C@]3(O)CNC(=O)C2CCOC2)c1. The molecule has 0 spiro atoms. The number of nitrogens with one attached hydrogen (secondary N) is 2. The first-order chi connectivity index (χ1) is 18.4. The summed E-state index contributed by atoms with van der Waals surface area (Å²) in [5.41, 5.74) is -1.69. The van der Waals surface area contributed by atoms with Gasteiger partial charge in [0.2, 0.25) is 5.91 Å². The summed E-state index contributed by atoms with van der Waals surface area (Å²) in [6.07, 6.45) is 1.55. The summed E-state index contributed by atoms with van der Waals surface area (Å²) in [6, 6.07) is 4.77. The Bertz CT molecular complexity index is 1400. The van der Waals surface area contributed by atoms with Crippen LogP contribution in [-0.4, -0.2) is 55.9 Å². The predicted molar refractivity (Wildman–Crippen MR) is 134 cm³/mol. The fraction of sp³-hybridized carbons (Fsp3) is 0.462. The van der Waals surface area contributed by atoms with Crippen molar-refractivity contribution < 1.29 is 41.0 Å². The Morgan fingerprint density at radius 2 is 1.74 bits per heavy atom. The minimum Gasteiger partial charge on any atom is -0.387 e. The minimum atomic E-state index is -4.03. The molecule has 3 aliphatic carbocycles. The maximum Gasteiger partial charge on any atom is 0.255 e. The van der Waals surface area contributed by atoms with Crippen LogP contribution in [0.3, 0.4) is 0 Å². The second-order valence-electron chi connectivity index (χ2n) is 10.4. The zero-order valence-electron chi connectivity index (χ0n) is 20.6. The lowest BCUT2D eigenvalue weighted by atomic mass is 9.53. The zero-order chi connectivity index (χ0) is 28.1. The molecule has 1 heterocycles. The molecule has 13 heteroatoms. The Balaban J connectivity index is 1.28. The first-order valence-corrected chi connectivity index (χ1v) is 14.4. The van der Waals surface area contributed by atoms with Crippen LogP contribution >= 0.6 is 11.6 Å². The lowest BCUT2D eigenvalue weighted by molar-refractivity contribution is -0.174. The number of carbonyl (C=O) groups is 2. The van der Waals surface area contributed by atoms with Crippen LogP contribution < -0.4 is 10.6 Å². The first kappa shape index (κ1) is 27.9. The largest absolute Gasteiger partial charge is 0.387 e. The van der Waals surface area contributed by atoms with Crippen molar-refractivity contribution in [2.24, 2.45) is 17.8 Å². The number of benzene rings is 2. The van der Waals surface area contributed by atoms with Crippen molar-refractivity contribution in [1.29, 1.82) is 0 Å². The van der Waals surface area contributed by atoms with Crippen LogP contribution in [-0.2, 0) is 19.4 Å². The smallest absolute Gasteiger partial charge is 0.255 e. The normalized spacial score (nSPS) is 28.0. The molecule has 1 saturated heterocycles. The summed E-state index contributed by atoms with van der Waals surface area (Å²) in [5, 5.41) is 15.2. The molecule has 4 aliphatic rings. The number of amides is 2. The lowest BCUT2D eigenvalue weighted by Crippen LogP contribution is -2.66. The number of fused-ring (bicyclic) bond motifs is 2. The fourth-order valence-corrected chi connectivity index (χ4v) is 8.19. The summed E-state index contributed by atoms with van der Waals surface area (Å²) in [4.78, 5) is 24.8. The van der Waals surface area contributed by atoms with Gasteiger partial charge in [-0.3, -0.25) is 9.59 Å². The maximum absolute atomic E-state index is 13.6. The molecule has 39 heavy (non-hydrogen) atoms. The van der Waals surface area contributed by atoms with Gasteiger partial charge in [-0.05, 0) is 55.7 Å². The molecule has 0 radical (unpaired) electrons. The van der Waals surface area contributed by atoms with E-state index >= 15 is 0 Å². The van der Waals surface area contributed by atoms with Gasteiger partial charge >= 0.3 is 0 Å². The van der Waals surface area contributed by atoms with Crippen molar-refractivity contribution in [1.82, 2.24) is 5.32 Å². The highest BCUT2D eigenvalue weighted by Gasteiger charge is 2.60. The maximum atomic E-state index is 13.6. The molecule has 0 aromatic heterocycles. The molecule has 3 unspecified atom stereocenters. The quantitative estimate of drug-likeness (QED) is 0.427. The first-order valence-electron chi connectivity index (χ1n) is 12.5. The number of sulfone groups is 1. The van der Waals surface area contributed by atoms with Crippen LogP contribution in [0.15, 0.2) is 35.2 Å². The standard InChI is InChI=1S/C26H26ClF3N2O6S/c27-19-2-1-13(25(34)32-17-9-20(28)23(30)21(29)10-17)5-22(19)39(36,37)18-7-15-6-16(8-18)26(15,35)12-31-24(33)14-3-4-38-11-14/h1-2,5,9-10,14-16,18,35H,3-4,6-8,11-12H2,(H,31,33)(H,32,34)/t14?,15?,16?,18-,26-. The Kier molecular flexibility index (Phi) is 7.42. The van der Waals surface area contributed by atoms with Gasteiger partial charge in [0.1, 0.15) is 0 Å². The zero-order valence-corrected chi connectivity index (χ0v) is 22.1. The third-order valence-electron chi connectivity index (χ3n) is 8.10. The highest BCUT2D eigenvalue weighted by molar-refractivity contribution is 7.92. The summed E-state index contributed by atoms with van der Waals surface area (Å²) in [6.45, 7) is 0.889. The van der Waals surface area contributed by atoms with E-state index in [4.69, 9.17) is 16.3 Å². The van der Waals surface area contributed by atoms with Crippen molar-refractivity contribution in [3.8, 4) is 0 Å². The Labute approximate surface area is 227 Å². The van der Waals surface area contributed by atoms with E-state index in [9.17, 15) is 36.3 Å². The molecule has 2 aromatic carbocycles. The second-order valence-corrected chi connectivity index (χ2v) is 13.0. The van der Waals surface area contributed by atoms with Crippen LogP contribution in [0.4, 0.5) is 18.9 Å². The Morgan fingerprint density at radius 1 is 1.08 bits per heavy atom. The van der Waals surface area contributed by atoms with Gasteiger partial charge < -0.3 is 20.5 Å². The summed E-state index contributed by atoms with van der Waals surface area (Å²) < 4.78 is 72.6. The molecule has 3 saturated carbocycles. The van der Waals surface area contributed by atoms with Crippen LogP contribution in [0.2, 0.25) is 5.02 Å². The predicted octanol–water partition coefficient (Wildman–Crippen LogP) is 3.47. The summed E-state index contributed by atoms with van der Waals surface area (Å²) in [7, 11) is -4.03. The van der Waals surface area contributed by atoms with Crippen LogP contribution in [0.5, 0.6) is 0 Å². The van der Waals surface area contributed by atoms with Gasteiger partial charge in [-0.25, -0.2) is 21.6 Å². The monoisotopic (exact) mass is 586 g/mol. The molecular formula is C26H26ClF3N2O6S. The van der Waals surface area contributed by atoms with Gasteiger partial charge in [0.05, 0.1) is 33.3 Å². The van der Waals surface area contributed by atoms with E-state index < -0.39 is 44.0 Å². The molecule has 210 valence electrons. The lowest BCUT2D eigenvalue weighted by Gasteiger charge is -2.58. The van der Waals surface area contributed by atoms with Gasteiger partial charge in [0.25, 0.3) is 5.91 Å². The Morgan fingerprint density at radius 3 is 2.36 bits per heavy atom. The van der Waals surface area contributed by atoms with E-state index in [-0.39, 0.29) is 64.2 Å².